The monoisotopic (exact) mass is 300 g/mol. The average Bonchev–Trinajstić information content (AvgIpc) is 1.12. The Bertz CT molecular complexity index is 166. The van der Waals surface area contributed by atoms with Crippen LogP contribution in [0.1, 0.15) is 2.85 Å². The Kier molecular flexibility index (Phi) is 27.5. The van der Waals surface area contributed by atoms with E-state index in [9.17, 15) is 0 Å². The van der Waals surface area contributed by atoms with Crippen LogP contribution in [-0.2, 0) is 10.4 Å². The first-order valence-corrected chi connectivity index (χ1v) is 4.78. The van der Waals surface area contributed by atoms with Crippen molar-refractivity contribution in [1.29, 1.82) is 0 Å². The van der Waals surface area contributed by atoms with Gasteiger partial charge in [0.05, 0.1) is 0 Å². The molecule has 0 aromatic heterocycles. The molecule has 8 nitrogen and oxygen atoms in total. The standard InChI is InChI=1S/Al.Ca.H2O4S.H4O4Si.H2S.5H/c;;2*1-5(2,3)4;;;;;;/h;;(H2,1,2,3,4);1-4H;1H2;;;;;/q;+2;;;;;;;2*-1. The molecular formula is H13AlCaO8S2Si. The summed E-state index contributed by atoms with van der Waals surface area (Å²) in [6.07, 6.45) is 0. The molecule has 0 heterocycles. The summed E-state index contributed by atoms with van der Waals surface area (Å²) in [4.78, 5) is 29.3. The number of hydrogen-bond acceptors (Lipinski definition) is 6. The minimum absolute atomic E-state index is 0. The molecule has 13 heavy (non-hydrogen) atoms. The van der Waals surface area contributed by atoms with Crippen LogP contribution in [-0.4, -0.2) is 101 Å². The van der Waals surface area contributed by atoms with Gasteiger partial charge in [-0.2, -0.15) is 21.9 Å². The summed E-state index contributed by atoms with van der Waals surface area (Å²) in [5.74, 6) is 0. The van der Waals surface area contributed by atoms with Gasteiger partial charge in [0.2, 0.25) is 0 Å². The second kappa shape index (κ2) is 12.1. The summed E-state index contributed by atoms with van der Waals surface area (Å²) in [5, 5.41) is 0. The van der Waals surface area contributed by atoms with Gasteiger partial charge in [-0.1, -0.05) is 0 Å². The van der Waals surface area contributed by atoms with Gasteiger partial charge in [-0.05, 0) is 0 Å². The van der Waals surface area contributed by atoms with E-state index in [1.807, 2.05) is 0 Å². The molecule has 0 unspecified atom stereocenters. The molecule has 0 aromatic carbocycles. The molecule has 0 bridgehead atoms. The van der Waals surface area contributed by atoms with Crippen LogP contribution in [0.3, 0.4) is 0 Å². The Morgan fingerprint density at radius 2 is 1.00 bits per heavy atom. The molecule has 82 valence electrons. The molecule has 0 aliphatic heterocycles. The van der Waals surface area contributed by atoms with Gasteiger partial charge in [0.15, 0.2) is 17.4 Å². The predicted molar refractivity (Wildman–Crippen MR) is 57.1 cm³/mol. The van der Waals surface area contributed by atoms with Gasteiger partial charge >= 0.3 is 57.2 Å². The van der Waals surface area contributed by atoms with E-state index in [0.29, 0.717) is 0 Å². The second-order valence-electron chi connectivity index (χ2n) is 1.05. The van der Waals surface area contributed by atoms with Crippen LogP contribution < -0.4 is 0 Å². The maximum atomic E-state index is 8.74. The van der Waals surface area contributed by atoms with E-state index in [-0.39, 0.29) is 71.4 Å². The van der Waals surface area contributed by atoms with E-state index < -0.39 is 19.4 Å². The minimum atomic E-state index is -4.67. The number of rotatable bonds is 0. The van der Waals surface area contributed by atoms with Gasteiger partial charge in [0, 0.05) is 0 Å². The third kappa shape index (κ3) is 479. The first-order chi connectivity index (χ1) is 4.00. The molecule has 0 aromatic rings. The maximum absolute atomic E-state index is 8.74. The summed E-state index contributed by atoms with van der Waals surface area (Å²) in [6.45, 7) is 0. The molecule has 0 atom stereocenters. The molecular weight excluding hydrogens is 287 g/mol. The van der Waals surface area contributed by atoms with E-state index in [2.05, 4.69) is 0 Å². The largest absolute Gasteiger partial charge is 2.00 e. The molecule has 0 fully saturated rings. The Morgan fingerprint density at radius 3 is 1.00 bits per heavy atom. The Balaban J connectivity index is -0.0000000128. The predicted octanol–water partition coefficient (Wildman–Crippen LogP) is -4.49. The fourth-order valence-corrected chi connectivity index (χ4v) is 0. The third-order valence-corrected chi connectivity index (χ3v) is 0. The zero-order chi connectivity index (χ0) is 9.00. The van der Waals surface area contributed by atoms with E-state index in [1.54, 1.807) is 0 Å². The molecule has 6 N–H and O–H groups in total. The first-order valence-electron chi connectivity index (χ1n) is 1.59. The Morgan fingerprint density at radius 1 is 1.00 bits per heavy atom. The van der Waals surface area contributed by atoms with Gasteiger partial charge < -0.3 is 22.0 Å². The van der Waals surface area contributed by atoms with E-state index in [1.165, 1.54) is 0 Å². The smallest absolute Gasteiger partial charge is 1.00 e. The molecule has 0 saturated heterocycles. The van der Waals surface area contributed by atoms with Crippen LogP contribution in [0.2, 0.25) is 0 Å². The van der Waals surface area contributed by atoms with Gasteiger partial charge in [0.25, 0.3) is 0 Å². The van der Waals surface area contributed by atoms with Crippen molar-refractivity contribution in [2.45, 2.75) is 0 Å². The van der Waals surface area contributed by atoms with Gasteiger partial charge in [0.1, 0.15) is 0 Å². The van der Waals surface area contributed by atoms with E-state index >= 15 is 0 Å². The molecule has 0 rings (SSSR count). The van der Waals surface area contributed by atoms with Crippen molar-refractivity contribution < 1.29 is 39.6 Å². The summed E-state index contributed by atoms with van der Waals surface area (Å²) >= 11 is 0. The van der Waals surface area contributed by atoms with Crippen LogP contribution in [0, 0.1) is 0 Å². The quantitative estimate of drug-likeness (QED) is 0.193. The fraction of sp³-hybridized carbons (Fsp3) is 0. The van der Waals surface area contributed by atoms with Crippen molar-refractivity contribution in [3.05, 3.63) is 0 Å². The van der Waals surface area contributed by atoms with Gasteiger partial charge in [-0.15, -0.1) is 0 Å². The molecule has 0 aliphatic rings. The summed E-state index contributed by atoms with van der Waals surface area (Å²) in [6, 6.07) is 0. The van der Waals surface area contributed by atoms with Crippen LogP contribution in [0.4, 0.5) is 0 Å². The van der Waals surface area contributed by atoms with E-state index in [0.717, 1.165) is 0 Å². The van der Waals surface area contributed by atoms with Gasteiger partial charge in [-0.25, -0.2) is 0 Å². The van der Waals surface area contributed by atoms with E-state index in [4.69, 9.17) is 36.7 Å². The normalized spacial score (nSPS) is 9.08. The molecule has 0 spiro atoms. The van der Waals surface area contributed by atoms with Crippen LogP contribution in [0.15, 0.2) is 0 Å². The average molecular weight is 300 g/mol. The molecule has 0 aliphatic carbocycles. The zero-order valence-corrected chi connectivity index (χ0v) is 10.6. The maximum Gasteiger partial charge on any atom is 2.00 e. The van der Waals surface area contributed by atoms with Crippen molar-refractivity contribution in [2.75, 3.05) is 0 Å². The third-order valence-electron chi connectivity index (χ3n) is 0. The van der Waals surface area contributed by atoms with Crippen LogP contribution in [0.25, 0.3) is 0 Å². The summed E-state index contributed by atoms with van der Waals surface area (Å²) in [7, 11) is -9.28. The van der Waals surface area contributed by atoms with Crippen LogP contribution in [0.5, 0.6) is 0 Å². The Labute approximate surface area is 126 Å². The fourth-order valence-electron chi connectivity index (χ4n) is 0. The van der Waals surface area contributed by atoms with Gasteiger partial charge in [-0.3, -0.25) is 9.11 Å². The first kappa shape index (κ1) is 29.4. The Hall–Kier alpha value is 2.07. The summed E-state index contributed by atoms with van der Waals surface area (Å²) in [5.41, 5.74) is 0. The molecule has 13 heteroatoms. The summed E-state index contributed by atoms with van der Waals surface area (Å²) < 4.78 is 31.6. The minimum Gasteiger partial charge on any atom is -1.00 e. The van der Waals surface area contributed by atoms with Crippen molar-refractivity contribution in [3.63, 3.8) is 0 Å². The molecule has 0 radical (unpaired) electrons. The number of hydrogen-bond donors (Lipinski definition) is 6. The van der Waals surface area contributed by atoms with Crippen molar-refractivity contribution in [1.82, 2.24) is 0 Å². The van der Waals surface area contributed by atoms with Crippen molar-refractivity contribution in [2.24, 2.45) is 0 Å². The zero-order valence-electron chi connectivity index (χ0n) is 7.62. The SMILES string of the molecule is O=S(=O)(O)O.O[Si](O)(O)O.S.[AlH3].[Ca+2].[H-].[H-]. The van der Waals surface area contributed by atoms with Crippen molar-refractivity contribution in [3.8, 4) is 0 Å². The second-order valence-corrected chi connectivity index (χ2v) is 3.14. The molecule has 0 amide bonds. The molecule has 0 saturated carbocycles. The van der Waals surface area contributed by atoms with Crippen LogP contribution >= 0.6 is 13.5 Å². The van der Waals surface area contributed by atoms with Crippen molar-refractivity contribution >= 4 is 88.0 Å². The topological polar surface area (TPSA) is 156 Å².